The van der Waals surface area contributed by atoms with E-state index in [1.165, 1.54) is 25.5 Å². The Labute approximate surface area is 150 Å². The van der Waals surface area contributed by atoms with Gasteiger partial charge in [0, 0.05) is 0 Å². The monoisotopic (exact) mass is 409 g/mol. The van der Waals surface area contributed by atoms with Gasteiger partial charge in [-0.1, -0.05) is 11.6 Å². The molecule has 0 saturated heterocycles. The largest absolute Gasteiger partial charge is 0.494 e. The van der Waals surface area contributed by atoms with Crippen molar-refractivity contribution in [2.75, 3.05) is 7.11 Å². The van der Waals surface area contributed by atoms with Crippen LogP contribution in [0.1, 0.15) is 21.5 Å². The van der Waals surface area contributed by atoms with Crippen molar-refractivity contribution in [3.8, 4) is 11.8 Å². The lowest BCUT2D eigenvalue weighted by Gasteiger charge is -2.06. The van der Waals surface area contributed by atoms with E-state index in [2.05, 4.69) is 26.5 Å². The fourth-order valence-electron chi connectivity index (χ4n) is 1.84. The van der Waals surface area contributed by atoms with Gasteiger partial charge in [-0.3, -0.25) is 4.79 Å². The Morgan fingerprint density at radius 1 is 1.46 bits per heavy atom. The summed E-state index contributed by atoms with van der Waals surface area (Å²) >= 11 is 9.35. The summed E-state index contributed by atoms with van der Waals surface area (Å²) in [4.78, 5) is 11.9. The zero-order chi connectivity index (χ0) is 17.7. The quantitative estimate of drug-likeness (QED) is 0.614. The van der Waals surface area contributed by atoms with Gasteiger partial charge in [0.1, 0.15) is 5.82 Å². The summed E-state index contributed by atoms with van der Waals surface area (Å²) in [6, 6.07) is 8.64. The lowest BCUT2D eigenvalue weighted by atomic mass is 10.1. The predicted octanol–water partition coefficient (Wildman–Crippen LogP) is 3.89. The Morgan fingerprint density at radius 2 is 2.21 bits per heavy atom. The lowest BCUT2D eigenvalue weighted by Crippen LogP contribution is -2.19. The molecule has 24 heavy (non-hydrogen) atoms. The molecule has 8 heteroatoms. The number of nitrogens with one attached hydrogen (secondary N) is 1. The average molecular weight is 411 g/mol. The van der Waals surface area contributed by atoms with Crippen LogP contribution in [0.2, 0.25) is 5.02 Å². The minimum atomic E-state index is -0.794. The fraction of sp³-hybridized carbons (Fsp3) is 0.0625. The van der Waals surface area contributed by atoms with E-state index in [1.54, 1.807) is 18.2 Å². The average Bonchev–Trinajstić information content (AvgIpc) is 2.54. The van der Waals surface area contributed by atoms with E-state index in [4.69, 9.17) is 21.6 Å². The number of nitriles is 1. The second-order valence-corrected chi connectivity index (χ2v) is 5.78. The molecule has 0 aliphatic carbocycles. The number of amides is 1. The number of methoxy groups -OCH3 is 1. The summed E-state index contributed by atoms with van der Waals surface area (Å²) in [7, 11) is 1.49. The number of carbonyl (C=O) groups excluding carboxylic acids is 1. The van der Waals surface area contributed by atoms with Gasteiger partial charge >= 0.3 is 0 Å². The van der Waals surface area contributed by atoms with Crippen LogP contribution in [-0.2, 0) is 0 Å². The summed E-state index contributed by atoms with van der Waals surface area (Å²) in [6.45, 7) is 0. The molecule has 0 radical (unpaired) electrons. The Kier molecular flexibility index (Phi) is 5.90. The number of carbonyl (C=O) groups is 1. The number of rotatable bonds is 4. The number of benzene rings is 2. The third-order valence-electron chi connectivity index (χ3n) is 2.95. The van der Waals surface area contributed by atoms with E-state index in [9.17, 15) is 9.18 Å². The molecular weight excluding hydrogens is 401 g/mol. The van der Waals surface area contributed by atoms with Crippen molar-refractivity contribution < 1.29 is 13.9 Å². The number of nitrogens with zero attached hydrogens (tertiary/aromatic N) is 2. The smallest absolute Gasteiger partial charge is 0.274 e. The fourth-order valence-corrected chi connectivity index (χ4v) is 2.90. The molecule has 0 spiro atoms. The van der Waals surface area contributed by atoms with Crippen LogP contribution in [0.5, 0.6) is 5.75 Å². The number of halogens is 3. The van der Waals surface area contributed by atoms with Crippen LogP contribution in [0.3, 0.4) is 0 Å². The molecule has 0 saturated carbocycles. The topological polar surface area (TPSA) is 74.5 Å². The second-order valence-electron chi connectivity index (χ2n) is 4.52. The Bertz CT molecular complexity index is 842. The lowest BCUT2D eigenvalue weighted by molar-refractivity contribution is 0.0951. The molecule has 0 aliphatic heterocycles. The molecule has 122 valence electrons. The van der Waals surface area contributed by atoms with E-state index >= 15 is 0 Å². The minimum absolute atomic E-state index is 0.130. The first-order valence-corrected chi connectivity index (χ1v) is 7.69. The van der Waals surface area contributed by atoms with E-state index < -0.39 is 11.7 Å². The minimum Gasteiger partial charge on any atom is -0.494 e. The van der Waals surface area contributed by atoms with Crippen LogP contribution in [0.25, 0.3) is 0 Å². The van der Waals surface area contributed by atoms with Gasteiger partial charge in [0.15, 0.2) is 5.75 Å². The van der Waals surface area contributed by atoms with Crippen LogP contribution < -0.4 is 10.2 Å². The molecule has 0 atom stereocenters. The van der Waals surface area contributed by atoms with Crippen LogP contribution in [-0.4, -0.2) is 19.2 Å². The maximum absolute atomic E-state index is 13.7. The maximum atomic E-state index is 13.7. The summed E-state index contributed by atoms with van der Waals surface area (Å²) < 4.78 is 19.5. The van der Waals surface area contributed by atoms with Crippen molar-refractivity contribution in [3.05, 3.63) is 62.3 Å². The molecule has 0 aromatic heterocycles. The zero-order valence-electron chi connectivity index (χ0n) is 12.3. The highest BCUT2D eigenvalue weighted by Crippen LogP contribution is 2.33. The first-order chi connectivity index (χ1) is 11.5. The normalized spacial score (nSPS) is 10.5. The summed E-state index contributed by atoms with van der Waals surface area (Å²) in [6.07, 6.45) is 1.36. The van der Waals surface area contributed by atoms with Crippen molar-refractivity contribution in [2.24, 2.45) is 5.10 Å². The molecular formula is C16H10BrClFN3O2. The summed E-state index contributed by atoms with van der Waals surface area (Å²) in [5, 5.41) is 12.8. The van der Waals surface area contributed by atoms with Crippen molar-refractivity contribution in [1.29, 1.82) is 5.26 Å². The zero-order valence-corrected chi connectivity index (χ0v) is 14.7. The van der Waals surface area contributed by atoms with Gasteiger partial charge in [0.05, 0.1) is 40.0 Å². The van der Waals surface area contributed by atoms with Crippen LogP contribution in [0, 0.1) is 17.1 Å². The second kappa shape index (κ2) is 7.90. The molecule has 0 fully saturated rings. The molecule has 1 amide bonds. The molecule has 0 bridgehead atoms. The van der Waals surface area contributed by atoms with Crippen molar-refractivity contribution in [1.82, 2.24) is 5.43 Å². The first kappa shape index (κ1) is 17.9. The summed E-state index contributed by atoms with van der Waals surface area (Å²) in [5.41, 5.74) is 2.74. The van der Waals surface area contributed by atoms with Crippen molar-refractivity contribution in [3.63, 3.8) is 0 Å². The molecule has 5 nitrogen and oxygen atoms in total. The molecule has 0 aliphatic rings. The highest BCUT2D eigenvalue weighted by atomic mass is 79.9. The first-order valence-electron chi connectivity index (χ1n) is 6.52. The molecule has 0 heterocycles. The van der Waals surface area contributed by atoms with E-state index in [0.29, 0.717) is 20.8 Å². The third kappa shape index (κ3) is 4.10. The van der Waals surface area contributed by atoms with Crippen LogP contribution in [0.15, 0.2) is 39.9 Å². The number of hydrogen-bond donors (Lipinski definition) is 1. The number of hydrazone groups is 1. The van der Waals surface area contributed by atoms with Crippen LogP contribution in [0.4, 0.5) is 4.39 Å². The summed E-state index contributed by atoms with van der Waals surface area (Å²) in [5.74, 6) is -1.04. The molecule has 2 aromatic carbocycles. The van der Waals surface area contributed by atoms with E-state index in [0.717, 1.165) is 6.07 Å². The van der Waals surface area contributed by atoms with Gasteiger partial charge in [-0.25, -0.2) is 9.82 Å². The standard InChI is InChI=1S/C16H10BrClFN3O2/c1-24-15-12(17)4-10(5-13(15)18)8-21-22-16(23)11-3-2-9(7-20)6-14(11)19/h2-6,8H,1H3,(H,22,23)/b21-8-. The van der Waals surface area contributed by atoms with E-state index in [-0.39, 0.29) is 11.1 Å². The number of ether oxygens (including phenoxy) is 1. The van der Waals surface area contributed by atoms with Crippen molar-refractivity contribution in [2.45, 2.75) is 0 Å². The van der Waals surface area contributed by atoms with Gasteiger partial charge in [-0.2, -0.15) is 10.4 Å². The SMILES string of the molecule is COc1c(Cl)cc(/C=N\NC(=O)c2ccc(C#N)cc2F)cc1Br. The molecule has 1 N–H and O–H groups in total. The predicted molar refractivity (Wildman–Crippen MR) is 91.9 cm³/mol. The van der Waals surface area contributed by atoms with Gasteiger partial charge in [0.2, 0.25) is 0 Å². The molecule has 0 unspecified atom stereocenters. The number of hydrogen-bond acceptors (Lipinski definition) is 4. The Morgan fingerprint density at radius 3 is 2.79 bits per heavy atom. The Hall–Kier alpha value is -2.43. The molecule has 2 rings (SSSR count). The van der Waals surface area contributed by atoms with Gasteiger partial charge in [-0.05, 0) is 51.8 Å². The van der Waals surface area contributed by atoms with Gasteiger partial charge in [-0.15, -0.1) is 0 Å². The highest BCUT2D eigenvalue weighted by Gasteiger charge is 2.11. The van der Waals surface area contributed by atoms with Crippen LogP contribution >= 0.6 is 27.5 Å². The maximum Gasteiger partial charge on any atom is 0.274 e. The third-order valence-corrected chi connectivity index (χ3v) is 3.82. The Balaban J connectivity index is 2.12. The highest BCUT2D eigenvalue weighted by molar-refractivity contribution is 9.10. The molecule has 2 aromatic rings. The van der Waals surface area contributed by atoms with E-state index in [1.807, 2.05) is 0 Å². The van der Waals surface area contributed by atoms with Crippen molar-refractivity contribution >= 4 is 39.7 Å². The van der Waals surface area contributed by atoms with Gasteiger partial charge in [0.25, 0.3) is 5.91 Å². The van der Waals surface area contributed by atoms with Gasteiger partial charge < -0.3 is 4.74 Å².